The maximum Gasteiger partial charge on any atom is 0.309 e. The molecule has 0 saturated heterocycles. The molecular formula is C32H40F2O7S. The number of fused-ring (bicyclic) bond motifs is 5. The molecule has 4 aliphatic carbocycles. The van der Waals surface area contributed by atoms with E-state index in [1.54, 1.807) is 34.6 Å². The number of carbonyl (C=O) groups excluding carboxylic acids is 4. The van der Waals surface area contributed by atoms with Crippen molar-refractivity contribution in [3.05, 3.63) is 23.8 Å². The number of thioether (sulfide) groups is 1. The van der Waals surface area contributed by atoms with E-state index in [-0.39, 0.29) is 55.5 Å². The van der Waals surface area contributed by atoms with Gasteiger partial charge in [-0.1, -0.05) is 64.3 Å². The minimum atomic E-state index is -2.30. The molecule has 42 heavy (non-hydrogen) atoms. The smallest absolute Gasteiger partial charge is 0.309 e. The monoisotopic (exact) mass is 606 g/mol. The molecule has 9 atom stereocenters. The highest BCUT2D eigenvalue weighted by molar-refractivity contribution is 8.14. The number of alkyl halides is 2. The molecule has 4 aliphatic rings. The Morgan fingerprint density at radius 2 is 1.88 bits per heavy atom. The lowest BCUT2D eigenvalue weighted by molar-refractivity contribution is -0.228. The van der Waals surface area contributed by atoms with Gasteiger partial charge in [-0.15, -0.1) is 0 Å². The van der Waals surface area contributed by atoms with Crippen LogP contribution in [-0.4, -0.2) is 63.8 Å². The average Bonchev–Trinajstić information content (AvgIpc) is 3.15. The zero-order chi connectivity index (χ0) is 31.3. The Morgan fingerprint density at radius 3 is 2.52 bits per heavy atom. The summed E-state index contributed by atoms with van der Waals surface area (Å²) in [5, 5.41) is 11.2. The maximum absolute atomic E-state index is 17.5. The van der Waals surface area contributed by atoms with Crippen molar-refractivity contribution >= 4 is 34.6 Å². The zero-order valence-corrected chi connectivity index (χ0v) is 25.8. The summed E-state index contributed by atoms with van der Waals surface area (Å²) in [6.07, 6.45) is 0.320. The van der Waals surface area contributed by atoms with Crippen molar-refractivity contribution in [1.82, 2.24) is 0 Å². The Hall–Kier alpha value is -2.51. The van der Waals surface area contributed by atoms with Crippen LogP contribution in [0.25, 0.3) is 0 Å². The predicted octanol–water partition coefficient (Wildman–Crippen LogP) is 4.71. The van der Waals surface area contributed by atoms with Crippen molar-refractivity contribution in [2.24, 2.45) is 34.5 Å². The SMILES string of the molecule is CCC(=O)O[C@]1(C(=O)SCC#CCOC(=O)C(C)C)[C@H](C)C[C@H]2[C@@H]3C[C@H](F)C4=CC(=O)C=C[C@]4(C)[C@@]3(F)[C@@H](O)C[C@@]21C. The molecule has 7 nitrogen and oxygen atoms in total. The van der Waals surface area contributed by atoms with Crippen molar-refractivity contribution in [3.63, 3.8) is 0 Å². The highest BCUT2D eigenvalue weighted by Crippen LogP contribution is 2.72. The molecule has 0 radical (unpaired) electrons. The molecule has 10 heteroatoms. The second-order valence-electron chi connectivity index (χ2n) is 12.8. The van der Waals surface area contributed by atoms with Crippen LogP contribution in [0.1, 0.15) is 67.2 Å². The van der Waals surface area contributed by atoms with E-state index in [1.807, 2.05) is 0 Å². The topological polar surface area (TPSA) is 107 Å². The van der Waals surface area contributed by atoms with Crippen LogP contribution < -0.4 is 0 Å². The van der Waals surface area contributed by atoms with Crippen molar-refractivity contribution in [2.75, 3.05) is 12.4 Å². The van der Waals surface area contributed by atoms with Gasteiger partial charge in [0.2, 0.25) is 5.12 Å². The number of ketones is 1. The van der Waals surface area contributed by atoms with E-state index in [0.717, 1.165) is 17.8 Å². The molecule has 0 spiro atoms. The number of hydrogen-bond donors (Lipinski definition) is 1. The van der Waals surface area contributed by atoms with Gasteiger partial charge < -0.3 is 14.6 Å². The van der Waals surface area contributed by atoms with Crippen LogP contribution in [0.2, 0.25) is 0 Å². The molecule has 230 valence electrons. The minimum absolute atomic E-state index is 0.00478. The van der Waals surface area contributed by atoms with Crippen LogP contribution >= 0.6 is 11.8 Å². The molecule has 0 aromatic rings. The van der Waals surface area contributed by atoms with Crippen molar-refractivity contribution < 1.29 is 42.5 Å². The highest BCUT2D eigenvalue weighted by atomic mass is 32.2. The normalized spacial score (nSPS) is 40.2. The summed E-state index contributed by atoms with van der Waals surface area (Å²) in [7, 11) is 0. The van der Waals surface area contributed by atoms with Gasteiger partial charge in [0.15, 0.2) is 23.7 Å². The van der Waals surface area contributed by atoms with Crippen LogP contribution in [-0.2, 0) is 28.7 Å². The molecule has 3 fully saturated rings. The van der Waals surface area contributed by atoms with Crippen LogP contribution in [0.15, 0.2) is 23.8 Å². The number of allylic oxidation sites excluding steroid dienone is 4. The van der Waals surface area contributed by atoms with Gasteiger partial charge in [-0.25, -0.2) is 8.78 Å². The second kappa shape index (κ2) is 11.5. The number of ether oxygens (including phenoxy) is 2. The van der Waals surface area contributed by atoms with Crippen LogP contribution in [0.5, 0.6) is 0 Å². The molecule has 0 aromatic heterocycles. The fourth-order valence-electron chi connectivity index (χ4n) is 8.05. The number of aliphatic hydroxyl groups excluding tert-OH is 1. The summed E-state index contributed by atoms with van der Waals surface area (Å²) in [5.74, 6) is 1.68. The quantitative estimate of drug-likeness (QED) is 0.343. The highest BCUT2D eigenvalue weighted by Gasteiger charge is 2.78. The molecule has 0 unspecified atom stereocenters. The van der Waals surface area contributed by atoms with Gasteiger partial charge in [0, 0.05) is 29.1 Å². The Balaban J connectivity index is 1.68. The van der Waals surface area contributed by atoms with Crippen LogP contribution in [0, 0.1) is 46.3 Å². The maximum atomic E-state index is 17.5. The van der Waals surface area contributed by atoms with E-state index in [2.05, 4.69) is 11.8 Å². The van der Waals surface area contributed by atoms with Crippen molar-refractivity contribution in [3.8, 4) is 11.8 Å². The van der Waals surface area contributed by atoms with Crippen molar-refractivity contribution in [1.29, 1.82) is 0 Å². The summed E-state index contributed by atoms with van der Waals surface area (Å²) >= 11 is 0.859. The third-order valence-electron chi connectivity index (χ3n) is 10.2. The van der Waals surface area contributed by atoms with Gasteiger partial charge in [0.25, 0.3) is 0 Å². The lowest BCUT2D eigenvalue weighted by atomic mass is 9.44. The third kappa shape index (κ3) is 4.75. The predicted molar refractivity (Wildman–Crippen MR) is 153 cm³/mol. The molecular weight excluding hydrogens is 566 g/mol. The van der Waals surface area contributed by atoms with Crippen LogP contribution in [0.3, 0.4) is 0 Å². The van der Waals surface area contributed by atoms with Gasteiger partial charge in [0.05, 0.1) is 17.8 Å². The van der Waals surface area contributed by atoms with Crippen LogP contribution in [0.4, 0.5) is 8.78 Å². The molecule has 0 bridgehead atoms. The fourth-order valence-corrected chi connectivity index (χ4v) is 9.05. The third-order valence-corrected chi connectivity index (χ3v) is 11.0. The van der Waals surface area contributed by atoms with Gasteiger partial charge in [-0.2, -0.15) is 0 Å². The first-order valence-electron chi connectivity index (χ1n) is 14.6. The largest absolute Gasteiger partial charge is 0.452 e. The second-order valence-corrected chi connectivity index (χ2v) is 13.7. The van der Waals surface area contributed by atoms with E-state index < -0.39 is 69.0 Å². The Bertz CT molecular complexity index is 1280. The lowest BCUT2D eigenvalue weighted by Crippen LogP contribution is -2.70. The number of esters is 2. The summed E-state index contributed by atoms with van der Waals surface area (Å²) in [6, 6.07) is 0. The lowest BCUT2D eigenvalue weighted by Gasteiger charge is -2.63. The first kappa shape index (κ1) is 32.4. The molecule has 0 aromatic carbocycles. The number of aliphatic hydroxyl groups is 1. The molecule has 1 N–H and O–H groups in total. The molecule has 4 rings (SSSR count). The standard InChI is InChI=1S/C32H40F2O7S/c1-7-26(37)41-32(28(39)42-13-9-8-12-40-27(38)18(2)3)19(4)14-21-22-16-24(33)23-15-20(35)10-11-29(23,5)31(22,34)25(36)17-30(21,32)6/h10-11,15,18-19,21-22,24-25,36H,7,12-14,16-17H2,1-6H3/t19-,21+,22+,24+,25+,29+,30+,31+,32+/m1/s1. The summed E-state index contributed by atoms with van der Waals surface area (Å²) in [5.41, 5.74) is -6.73. The number of rotatable bonds is 6. The van der Waals surface area contributed by atoms with E-state index >= 15 is 8.78 Å². The van der Waals surface area contributed by atoms with Gasteiger partial charge >= 0.3 is 11.9 Å². The Kier molecular flexibility index (Phi) is 8.90. The summed E-state index contributed by atoms with van der Waals surface area (Å²) in [6.45, 7) is 9.93. The number of halogens is 2. The van der Waals surface area contributed by atoms with E-state index in [1.165, 1.54) is 19.1 Å². The first-order chi connectivity index (χ1) is 19.6. The van der Waals surface area contributed by atoms with Crippen molar-refractivity contribution in [2.45, 2.75) is 90.8 Å². The molecule has 0 amide bonds. The number of carbonyl (C=O) groups is 4. The molecule has 0 aliphatic heterocycles. The fraction of sp³-hybridized carbons (Fsp3) is 0.688. The average molecular weight is 607 g/mol. The first-order valence-corrected chi connectivity index (χ1v) is 15.6. The Morgan fingerprint density at radius 1 is 1.19 bits per heavy atom. The van der Waals surface area contributed by atoms with E-state index in [9.17, 15) is 24.3 Å². The summed E-state index contributed by atoms with van der Waals surface area (Å²) < 4.78 is 44.3. The van der Waals surface area contributed by atoms with E-state index in [0.29, 0.717) is 0 Å². The van der Waals surface area contributed by atoms with Gasteiger partial charge in [-0.3, -0.25) is 19.2 Å². The van der Waals surface area contributed by atoms with E-state index in [4.69, 9.17) is 9.47 Å². The summed E-state index contributed by atoms with van der Waals surface area (Å²) in [4.78, 5) is 50.6. The molecule has 0 heterocycles. The van der Waals surface area contributed by atoms with Gasteiger partial charge in [0.1, 0.15) is 6.17 Å². The van der Waals surface area contributed by atoms with Gasteiger partial charge in [-0.05, 0) is 49.8 Å². The Labute approximate surface area is 250 Å². The minimum Gasteiger partial charge on any atom is -0.452 e. The zero-order valence-electron chi connectivity index (χ0n) is 25.0. The molecule has 3 saturated carbocycles. The number of hydrogen-bond acceptors (Lipinski definition) is 8.